The first kappa shape index (κ1) is 28.0. The monoisotopic (exact) mass is 628 g/mol. The lowest BCUT2D eigenvalue weighted by Crippen LogP contribution is -2.17. The van der Waals surface area contributed by atoms with Crippen molar-refractivity contribution < 1.29 is 19.2 Å². The van der Waals surface area contributed by atoms with Crippen molar-refractivity contribution in [3.63, 3.8) is 0 Å². The van der Waals surface area contributed by atoms with Crippen molar-refractivity contribution in [2.75, 3.05) is 0 Å². The molecule has 4 aromatic carbocycles. The molecule has 1 heterocycles. The Morgan fingerprint density at radius 2 is 0.894 bits per heavy atom. The Morgan fingerprint density at radius 3 is 1.30 bits per heavy atom. The first-order valence-electron chi connectivity index (χ1n) is 15.7. The molecule has 0 spiro atoms. The van der Waals surface area contributed by atoms with Crippen LogP contribution in [0.1, 0.15) is 81.8 Å². The standard InChI is InChI=1S/C42H28O4S/c1-41(2)23(17-31-25-9-5-7-11-27(25)37(43)39(31)45)13-21-15-35-29(19-33(21)41)30-20-34-22(16-36(30)47-35)14-24(42(34,3)4)18-32-26-10-6-8-12-28(26)38(44)40(32)46/h5-20H,1-4H3/b31-17-,32-18-. The van der Waals surface area contributed by atoms with Crippen molar-refractivity contribution in [3.05, 3.63) is 141 Å². The summed E-state index contributed by atoms with van der Waals surface area (Å²) in [6.45, 7) is 8.69. The van der Waals surface area contributed by atoms with Crippen LogP contribution in [0.3, 0.4) is 0 Å². The third-order valence-corrected chi connectivity index (χ3v) is 11.8. The lowest BCUT2D eigenvalue weighted by atomic mass is 9.79. The summed E-state index contributed by atoms with van der Waals surface area (Å²) in [4.78, 5) is 51.3. The molecule has 5 aromatic rings. The van der Waals surface area contributed by atoms with Crippen LogP contribution in [0.5, 0.6) is 0 Å². The topological polar surface area (TPSA) is 68.3 Å². The summed E-state index contributed by atoms with van der Waals surface area (Å²) in [6.07, 6.45) is 8.14. The SMILES string of the molecule is CC1(C)C(/C=C2\C(=O)C(=O)c3ccccc32)=Cc2cc3sc4cc5c(cc4c3cc21)C(C)(C)C(/C=C1\C(=O)C(=O)c2ccccc21)=C5. The number of ketones is 4. The summed E-state index contributed by atoms with van der Waals surface area (Å²) >= 11 is 1.76. The fraction of sp³-hybridized carbons (Fsp3) is 0.143. The Balaban J connectivity index is 1.13. The lowest BCUT2D eigenvalue weighted by molar-refractivity contribution is -0.110. The second kappa shape index (κ2) is 9.18. The van der Waals surface area contributed by atoms with Crippen LogP contribution in [0.4, 0.5) is 0 Å². The van der Waals surface area contributed by atoms with E-state index in [1.165, 1.54) is 31.3 Å². The Labute approximate surface area is 275 Å². The van der Waals surface area contributed by atoms with E-state index in [0.717, 1.165) is 22.3 Å². The summed E-state index contributed by atoms with van der Waals surface area (Å²) in [5, 5.41) is 2.37. The molecule has 47 heavy (non-hydrogen) atoms. The van der Waals surface area contributed by atoms with E-state index >= 15 is 0 Å². The fourth-order valence-electron chi connectivity index (χ4n) is 7.84. The minimum Gasteiger partial charge on any atom is -0.285 e. The van der Waals surface area contributed by atoms with Gasteiger partial charge in [0.15, 0.2) is 0 Å². The van der Waals surface area contributed by atoms with Gasteiger partial charge in [-0.3, -0.25) is 19.2 Å². The number of fused-ring (bicyclic) bond motifs is 7. The van der Waals surface area contributed by atoms with E-state index in [4.69, 9.17) is 0 Å². The highest BCUT2D eigenvalue weighted by Gasteiger charge is 2.39. The van der Waals surface area contributed by atoms with Gasteiger partial charge < -0.3 is 0 Å². The van der Waals surface area contributed by atoms with Crippen molar-refractivity contribution in [1.82, 2.24) is 0 Å². The van der Waals surface area contributed by atoms with Crippen LogP contribution in [0.25, 0.3) is 43.5 Å². The zero-order chi connectivity index (χ0) is 32.6. The molecule has 9 rings (SSSR count). The smallest absolute Gasteiger partial charge is 0.234 e. The van der Waals surface area contributed by atoms with Crippen LogP contribution in [-0.4, -0.2) is 23.1 Å². The van der Waals surface area contributed by atoms with Crippen molar-refractivity contribution in [3.8, 4) is 0 Å². The van der Waals surface area contributed by atoms with Gasteiger partial charge in [-0.15, -0.1) is 11.3 Å². The number of thiophene rings is 1. The molecule has 0 atom stereocenters. The molecule has 4 nitrogen and oxygen atoms in total. The molecule has 0 saturated carbocycles. The summed E-state index contributed by atoms with van der Waals surface area (Å²) in [5.41, 5.74) is 9.19. The van der Waals surface area contributed by atoms with Gasteiger partial charge in [-0.2, -0.15) is 0 Å². The van der Waals surface area contributed by atoms with Gasteiger partial charge in [-0.25, -0.2) is 0 Å². The number of benzene rings is 4. The first-order valence-corrected chi connectivity index (χ1v) is 16.6. The maximum absolute atomic E-state index is 13.0. The molecule has 0 amide bonds. The molecule has 4 aliphatic carbocycles. The number of carbonyl (C=O) groups excluding carboxylic acids is 4. The normalized spacial score (nSPS) is 20.3. The molecule has 0 bridgehead atoms. The highest BCUT2D eigenvalue weighted by Crippen LogP contribution is 2.50. The molecule has 5 heteroatoms. The van der Waals surface area contributed by atoms with E-state index in [1.54, 1.807) is 35.6 Å². The number of allylic oxidation sites excluding steroid dienone is 6. The third kappa shape index (κ3) is 3.69. The zero-order valence-electron chi connectivity index (χ0n) is 26.3. The molecule has 4 aliphatic rings. The Bertz CT molecular complexity index is 2350. The number of Topliss-reactive ketones (excluding diaryl/α,β-unsaturated/α-hetero) is 4. The molecule has 1 aromatic heterocycles. The van der Waals surface area contributed by atoms with Crippen molar-refractivity contribution >= 4 is 77.9 Å². The second-order valence-electron chi connectivity index (χ2n) is 13.9. The summed E-state index contributed by atoms with van der Waals surface area (Å²) < 4.78 is 2.38. The van der Waals surface area contributed by atoms with E-state index in [9.17, 15) is 19.2 Å². The molecule has 0 N–H and O–H groups in total. The Morgan fingerprint density at radius 1 is 0.511 bits per heavy atom. The van der Waals surface area contributed by atoms with Crippen molar-refractivity contribution in [1.29, 1.82) is 0 Å². The van der Waals surface area contributed by atoms with Gasteiger partial charge in [0.25, 0.3) is 0 Å². The van der Waals surface area contributed by atoms with Gasteiger partial charge >= 0.3 is 0 Å². The van der Waals surface area contributed by atoms with Crippen LogP contribution < -0.4 is 0 Å². The molecule has 0 saturated heterocycles. The van der Waals surface area contributed by atoms with Gasteiger partial charge in [0.05, 0.1) is 0 Å². The van der Waals surface area contributed by atoms with Crippen LogP contribution in [0, 0.1) is 0 Å². The number of rotatable bonds is 2. The average Bonchev–Trinajstić information content (AvgIpc) is 3.75. The molecule has 0 fully saturated rings. The second-order valence-corrected chi connectivity index (χ2v) is 15.0. The van der Waals surface area contributed by atoms with Crippen LogP contribution >= 0.6 is 11.3 Å². The Kier molecular flexibility index (Phi) is 5.47. The quantitative estimate of drug-likeness (QED) is 0.144. The molecule has 0 unspecified atom stereocenters. The van der Waals surface area contributed by atoms with Crippen LogP contribution in [0.15, 0.2) is 96.1 Å². The van der Waals surface area contributed by atoms with Gasteiger partial charge in [0.2, 0.25) is 23.1 Å². The van der Waals surface area contributed by atoms with E-state index in [0.29, 0.717) is 33.4 Å². The third-order valence-electron chi connectivity index (χ3n) is 10.7. The van der Waals surface area contributed by atoms with E-state index in [1.807, 2.05) is 36.4 Å². The summed E-state index contributed by atoms with van der Waals surface area (Å²) in [6, 6.07) is 23.6. The largest absolute Gasteiger partial charge is 0.285 e. The number of hydrogen-bond acceptors (Lipinski definition) is 5. The minimum absolute atomic E-state index is 0.371. The lowest BCUT2D eigenvalue weighted by Gasteiger charge is -2.24. The van der Waals surface area contributed by atoms with Gasteiger partial charge in [-0.1, -0.05) is 88.4 Å². The highest BCUT2D eigenvalue weighted by atomic mass is 32.1. The van der Waals surface area contributed by atoms with Crippen molar-refractivity contribution in [2.45, 2.75) is 38.5 Å². The number of hydrogen-bond donors (Lipinski definition) is 0. The van der Waals surface area contributed by atoms with Crippen LogP contribution in [-0.2, 0) is 20.4 Å². The predicted octanol–water partition coefficient (Wildman–Crippen LogP) is 9.10. The number of carbonyl (C=O) groups is 4. The summed E-state index contributed by atoms with van der Waals surface area (Å²) in [7, 11) is 0. The fourth-order valence-corrected chi connectivity index (χ4v) is 9.00. The zero-order valence-corrected chi connectivity index (χ0v) is 27.1. The predicted molar refractivity (Wildman–Crippen MR) is 189 cm³/mol. The molecule has 226 valence electrons. The minimum atomic E-state index is -0.445. The summed E-state index contributed by atoms with van der Waals surface area (Å²) in [5.74, 6) is -1.77. The maximum Gasteiger partial charge on any atom is 0.234 e. The van der Waals surface area contributed by atoms with E-state index < -0.39 is 23.1 Å². The molecular formula is C42H28O4S. The molecule has 0 aliphatic heterocycles. The Hall–Kier alpha value is -5.26. The van der Waals surface area contributed by atoms with Gasteiger partial charge in [-0.05, 0) is 80.9 Å². The van der Waals surface area contributed by atoms with Crippen LogP contribution in [0.2, 0.25) is 0 Å². The molecule has 0 radical (unpaired) electrons. The molecular weight excluding hydrogens is 601 g/mol. The van der Waals surface area contributed by atoms with Gasteiger partial charge in [0.1, 0.15) is 0 Å². The maximum atomic E-state index is 13.0. The van der Waals surface area contributed by atoms with Gasteiger partial charge in [0, 0.05) is 53.3 Å². The van der Waals surface area contributed by atoms with Crippen molar-refractivity contribution in [2.24, 2.45) is 0 Å². The van der Waals surface area contributed by atoms with E-state index in [2.05, 4.69) is 64.1 Å². The average molecular weight is 629 g/mol. The van der Waals surface area contributed by atoms with E-state index in [-0.39, 0.29) is 10.8 Å². The highest BCUT2D eigenvalue weighted by molar-refractivity contribution is 7.25. The first-order chi connectivity index (χ1) is 22.4.